The molecule has 0 fully saturated rings. The number of hydrogen-bond donors (Lipinski definition) is 1. The van der Waals surface area contributed by atoms with E-state index < -0.39 is 0 Å². The van der Waals surface area contributed by atoms with Gasteiger partial charge in [0.2, 0.25) is 0 Å². The van der Waals surface area contributed by atoms with Gasteiger partial charge in [-0.15, -0.1) is 0 Å². The van der Waals surface area contributed by atoms with E-state index in [1.54, 1.807) is 0 Å². The highest BCUT2D eigenvalue weighted by Gasteiger charge is 2.05. The van der Waals surface area contributed by atoms with Gasteiger partial charge in [0.1, 0.15) is 0 Å². The molecule has 0 rings (SSSR count). The lowest BCUT2D eigenvalue weighted by molar-refractivity contribution is 0.0503. The van der Waals surface area contributed by atoms with E-state index in [0.29, 0.717) is 6.54 Å². The summed E-state index contributed by atoms with van der Waals surface area (Å²) in [7, 11) is 4.03. The van der Waals surface area contributed by atoms with Gasteiger partial charge < -0.3 is 15.4 Å². The van der Waals surface area contributed by atoms with Crippen LogP contribution in [0.25, 0.3) is 0 Å². The predicted molar refractivity (Wildman–Crippen MR) is 43.0 cm³/mol. The van der Waals surface area contributed by atoms with Crippen LogP contribution in [0, 0.1) is 0 Å². The third kappa shape index (κ3) is 4.73. The SMILES string of the molecule is CCO[C@H](CN)CN(C)C. The van der Waals surface area contributed by atoms with Crippen molar-refractivity contribution >= 4 is 0 Å². The Bertz CT molecular complexity index is 76.0. The number of nitrogens with two attached hydrogens (primary N) is 1. The summed E-state index contributed by atoms with van der Waals surface area (Å²) in [4.78, 5) is 2.08. The molecule has 0 amide bonds. The summed E-state index contributed by atoms with van der Waals surface area (Å²) in [6.07, 6.45) is 0.194. The van der Waals surface area contributed by atoms with Gasteiger partial charge in [-0.1, -0.05) is 0 Å². The molecule has 0 radical (unpaired) electrons. The molecule has 10 heavy (non-hydrogen) atoms. The first-order valence-electron chi connectivity index (χ1n) is 3.67. The van der Waals surface area contributed by atoms with Crippen LogP contribution in [0.3, 0.4) is 0 Å². The van der Waals surface area contributed by atoms with Crippen molar-refractivity contribution in [3.63, 3.8) is 0 Å². The second kappa shape index (κ2) is 5.65. The fourth-order valence-corrected chi connectivity index (χ4v) is 0.838. The molecular formula is C7H18N2O. The van der Waals surface area contributed by atoms with E-state index in [1.807, 2.05) is 21.0 Å². The summed E-state index contributed by atoms with van der Waals surface area (Å²) in [5.74, 6) is 0. The number of likely N-dealkylation sites (N-methyl/N-ethyl adjacent to an activating group) is 1. The summed E-state index contributed by atoms with van der Waals surface area (Å²) < 4.78 is 5.34. The maximum absolute atomic E-state index is 5.46. The zero-order chi connectivity index (χ0) is 7.98. The van der Waals surface area contributed by atoms with Gasteiger partial charge >= 0.3 is 0 Å². The van der Waals surface area contributed by atoms with Gasteiger partial charge in [-0.3, -0.25) is 0 Å². The quantitative estimate of drug-likeness (QED) is 0.589. The molecule has 62 valence electrons. The molecule has 0 saturated heterocycles. The lowest BCUT2D eigenvalue weighted by Crippen LogP contribution is -2.34. The van der Waals surface area contributed by atoms with E-state index in [4.69, 9.17) is 10.5 Å². The van der Waals surface area contributed by atoms with Crippen LogP contribution >= 0.6 is 0 Å². The van der Waals surface area contributed by atoms with Gasteiger partial charge in [-0.05, 0) is 21.0 Å². The topological polar surface area (TPSA) is 38.5 Å². The Morgan fingerprint density at radius 1 is 1.50 bits per heavy atom. The summed E-state index contributed by atoms with van der Waals surface area (Å²) >= 11 is 0. The molecule has 3 heteroatoms. The van der Waals surface area contributed by atoms with Crippen LogP contribution in [0.4, 0.5) is 0 Å². The first kappa shape index (κ1) is 9.88. The highest BCUT2D eigenvalue weighted by atomic mass is 16.5. The summed E-state index contributed by atoms with van der Waals surface area (Å²) in [6.45, 7) is 4.24. The lowest BCUT2D eigenvalue weighted by Gasteiger charge is -2.18. The molecule has 2 N–H and O–H groups in total. The molecule has 0 aliphatic heterocycles. The Morgan fingerprint density at radius 3 is 2.40 bits per heavy atom. The molecule has 0 aliphatic rings. The molecule has 0 spiro atoms. The largest absolute Gasteiger partial charge is 0.376 e. The molecule has 1 atom stereocenters. The average molecular weight is 146 g/mol. The molecule has 3 nitrogen and oxygen atoms in total. The monoisotopic (exact) mass is 146 g/mol. The minimum absolute atomic E-state index is 0.194. The first-order chi connectivity index (χ1) is 4.70. The number of hydrogen-bond acceptors (Lipinski definition) is 3. The number of nitrogens with zero attached hydrogens (tertiary/aromatic N) is 1. The van der Waals surface area contributed by atoms with Crippen molar-refractivity contribution in [1.29, 1.82) is 0 Å². The van der Waals surface area contributed by atoms with E-state index >= 15 is 0 Å². The maximum atomic E-state index is 5.46. The smallest absolute Gasteiger partial charge is 0.0823 e. The normalized spacial score (nSPS) is 14.1. The van der Waals surface area contributed by atoms with Crippen LogP contribution in [0.15, 0.2) is 0 Å². The van der Waals surface area contributed by atoms with Crippen molar-refractivity contribution in [3.8, 4) is 0 Å². The molecule has 0 aliphatic carbocycles. The zero-order valence-electron chi connectivity index (χ0n) is 7.13. The lowest BCUT2D eigenvalue weighted by atomic mass is 10.3. The summed E-state index contributed by atoms with van der Waals surface area (Å²) in [5.41, 5.74) is 5.46. The predicted octanol–water partition coefficient (Wildman–Crippen LogP) is -0.0882. The van der Waals surface area contributed by atoms with Gasteiger partial charge in [-0.2, -0.15) is 0 Å². The Morgan fingerprint density at radius 2 is 2.10 bits per heavy atom. The molecule has 0 aromatic rings. The van der Waals surface area contributed by atoms with Crippen molar-refractivity contribution in [1.82, 2.24) is 4.90 Å². The third-order valence-electron chi connectivity index (χ3n) is 1.23. The molecule has 0 bridgehead atoms. The summed E-state index contributed by atoms with van der Waals surface area (Å²) in [5, 5.41) is 0. The molecular weight excluding hydrogens is 128 g/mol. The van der Waals surface area contributed by atoms with Gasteiger partial charge in [-0.25, -0.2) is 0 Å². The van der Waals surface area contributed by atoms with Crippen LogP contribution < -0.4 is 5.73 Å². The highest BCUT2D eigenvalue weighted by Crippen LogP contribution is 1.90. The van der Waals surface area contributed by atoms with Gasteiger partial charge in [0.15, 0.2) is 0 Å². The van der Waals surface area contributed by atoms with Crippen LogP contribution in [0.1, 0.15) is 6.92 Å². The molecule has 0 unspecified atom stereocenters. The van der Waals surface area contributed by atoms with E-state index in [2.05, 4.69) is 4.90 Å². The fourth-order valence-electron chi connectivity index (χ4n) is 0.838. The molecule has 0 aromatic carbocycles. The summed E-state index contributed by atoms with van der Waals surface area (Å²) in [6, 6.07) is 0. The number of ether oxygens (including phenoxy) is 1. The number of rotatable bonds is 5. The van der Waals surface area contributed by atoms with Crippen LogP contribution in [-0.2, 0) is 4.74 Å². The van der Waals surface area contributed by atoms with Gasteiger partial charge in [0.25, 0.3) is 0 Å². The van der Waals surface area contributed by atoms with Crippen LogP contribution in [0.5, 0.6) is 0 Å². The molecule has 0 aromatic heterocycles. The van der Waals surface area contributed by atoms with Gasteiger partial charge in [0, 0.05) is 19.7 Å². The fraction of sp³-hybridized carbons (Fsp3) is 1.00. The highest BCUT2D eigenvalue weighted by molar-refractivity contribution is 4.60. The Balaban J connectivity index is 3.39. The molecule has 0 heterocycles. The van der Waals surface area contributed by atoms with Crippen molar-refractivity contribution in [3.05, 3.63) is 0 Å². The third-order valence-corrected chi connectivity index (χ3v) is 1.23. The Labute approximate surface area is 63.1 Å². The second-order valence-electron chi connectivity index (χ2n) is 2.58. The second-order valence-corrected chi connectivity index (χ2v) is 2.58. The molecule has 0 saturated carbocycles. The maximum Gasteiger partial charge on any atom is 0.0823 e. The van der Waals surface area contributed by atoms with Crippen LogP contribution in [-0.4, -0.2) is 44.8 Å². The van der Waals surface area contributed by atoms with Crippen LogP contribution in [0.2, 0.25) is 0 Å². The standard InChI is InChI=1S/C7H18N2O/c1-4-10-7(5-8)6-9(2)3/h7H,4-6,8H2,1-3H3/t7-/m1/s1. The van der Waals surface area contributed by atoms with Gasteiger partial charge in [0.05, 0.1) is 6.10 Å². The van der Waals surface area contributed by atoms with Crippen molar-refractivity contribution < 1.29 is 4.74 Å². The van der Waals surface area contributed by atoms with Crippen molar-refractivity contribution in [2.45, 2.75) is 13.0 Å². The van der Waals surface area contributed by atoms with E-state index in [-0.39, 0.29) is 6.10 Å². The van der Waals surface area contributed by atoms with Crippen molar-refractivity contribution in [2.24, 2.45) is 5.73 Å². The minimum Gasteiger partial charge on any atom is -0.376 e. The zero-order valence-corrected chi connectivity index (χ0v) is 7.13. The first-order valence-corrected chi connectivity index (χ1v) is 3.67. The minimum atomic E-state index is 0.194. The Kier molecular flexibility index (Phi) is 5.58. The van der Waals surface area contributed by atoms with E-state index in [1.165, 1.54) is 0 Å². The van der Waals surface area contributed by atoms with E-state index in [9.17, 15) is 0 Å². The Hall–Kier alpha value is -0.120. The average Bonchev–Trinajstić information content (AvgIpc) is 1.86. The van der Waals surface area contributed by atoms with E-state index in [0.717, 1.165) is 13.2 Å². The van der Waals surface area contributed by atoms with Crippen molar-refractivity contribution in [2.75, 3.05) is 33.8 Å².